The molecule has 1 aromatic carbocycles. The van der Waals surface area contributed by atoms with Crippen molar-refractivity contribution in [2.75, 3.05) is 39.9 Å². The molecule has 37 heavy (non-hydrogen) atoms. The van der Waals surface area contributed by atoms with Crippen molar-refractivity contribution in [2.24, 2.45) is 5.92 Å². The first kappa shape index (κ1) is 26.3. The molecule has 8 heteroatoms. The van der Waals surface area contributed by atoms with Gasteiger partial charge >= 0.3 is 0 Å². The summed E-state index contributed by atoms with van der Waals surface area (Å²) in [4.78, 5) is 44.0. The first-order valence-corrected chi connectivity index (χ1v) is 14.1. The zero-order chi connectivity index (χ0) is 25.9. The second-order valence-corrected chi connectivity index (χ2v) is 11.1. The van der Waals surface area contributed by atoms with Crippen LogP contribution in [0.4, 0.5) is 0 Å². The molecule has 1 aromatic rings. The highest BCUT2D eigenvalue weighted by Crippen LogP contribution is 2.33. The van der Waals surface area contributed by atoms with Gasteiger partial charge in [0.05, 0.1) is 6.54 Å². The Balaban J connectivity index is 1.30. The molecule has 8 nitrogen and oxygen atoms in total. The van der Waals surface area contributed by atoms with Gasteiger partial charge in [0.2, 0.25) is 5.91 Å². The molecule has 1 saturated carbocycles. The zero-order valence-electron chi connectivity index (χ0n) is 22.2. The molecule has 1 N–H and O–H groups in total. The molecule has 4 fully saturated rings. The molecular formula is C29H41N3O5. The molecule has 0 aromatic heterocycles. The number of amides is 2. The normalized spacial score (nSPS) is 28.3. The molecule has 4 atom stereocenters. The standard InChI is InChI=1S/C29H41N3O5/c1-3-31-15-13-20(14-16-31)19-9-11-22(12-10-19)28(34)30-25(21-7-5-4-6-8-21)29(35)32-17-24(36-2)27-26(32)23(33)18-37-27/h9-12,20-21,24-27H,3-8,13-18H2,1-2H3,(H,30,34)/t24-,25+,26-,27-/m1/s1. The number of nitrogens with one attached hydrogen (secondary N) is 1. The lowest BCUT2D eigenvalue weighted by Crippen LogP contribution is -2.55. The Morgan fingerprint density at radius 1 is 1.08 bits per heavy atom. The third-order valence-corrected chi connectivity index (χ3v) is 9.08. The van der Waals surface area contributed by atoms with Gasteiger partial charge in [-0.3, -0.25) is 14.4 Å². The maximum absolute atomic E-state index is 13.9. The van der Waals surface area contributed by atoms with Crippen LogP contribution in [0.3, 0.4) is 0 Å². The highest BCUT2D eigenvalue weighted by Gasteiger charge is 2.54. The monoisotopic (exact) mass is 511 g/mol. The molecular weight excluding hydrogens is 470 g/mol. The fraction of sp³-hybridized carbons (Fsp3) is 0.690. The van der Waals surface area contributed by atoms with E-state index in [0.717, 1.165) is 64.6 Å². The summed E-state index contributed by atoms with van der Waals surface area (Å²) in [6, 6.07) is 6.64. The van der Waals surface area contributed by atoms with Crippen molar-refractivity contribution in [3.63, 3.8) is 0 Å². The van der Waals surface area contributed by atoms with Crippen LogP contribution in [0.15, 0.2) is 24.3 Å². The average molecular weight is 512 g/mol. The summed E-state index contributed by atoms with van der Waals surface area (Å²) in [6.07, 6.45) is 6.55. The van der Waals surface area contributed by atoms with E-state index in [2.05, 4.69) is 29.3 Å². The summed E-state index contributed by atoms with van der Waals surface area (Å²) in [7, 11) is 1.58. The van der Waals surface area contributed by atoms with Crippen LogP contribution in [0.25, 0.3) is 0 Å². The fourth-order valence-corrected chi connectivity index (χ4v) is 6.79. The Morgan fingerprint density at radius 3 is 2.43 bits per heavy atom. The van der Waals surface area contributed by atoms with Gasteiger partial charge in [-0.15, -0.1) is 0 Å². The van der Waals surface area contributed by atoms with E-state index in [4.69, 9.17) is 9.47 Å². The molecule has 0 radical (unpaired) electrons. The number of fused-ring (bicyclic) bond motifs is 1. The van der Waals surface area contributed by atoms with Gasteiger partial charge in [0, 0.05) is 12.7 Å². The molecule has 0 unspecified atom stereocenters. The molecule has 202 valence electrons. The minimum absolute atomic E-state index is 0.00322. The number of benzene rings is 1. The Bertz CT molecular complexity index is 968. The van der Waals surface area contributed by atoms with Gasteiger partial charge in [-0.05, 0) is 74.8 Å². The van der Waals surface area contributed by atoms with Crippen LogP contribution >= 0.6 is 0 Å². The summed E-state index contributed by atoms with van der Waals surface area (Å²) >= 11 is 0. The highest BCUT2D eigenvalue weighted by atomic mass is 16.5. The molecule has 0 bridgehead atoms. The molecule has 5 rings (SSSR count). The van der Waals surface area contributed by atoms with Gasteiger partial charge in [0.1, 0.15) is 30.9 Å². The van der Waals surface area contributed by atoms with Crippen molar-refractivity contribution in [3.8, 4) is 0 Å². The van der Waals surface area contributed by atoms with Crippen LogP contribution in [0.1, 0.15) is 73.7 Å². The SMILES string of the molecule is CCN1CCC(c2ccc(C(=O)N[C@H](C(=O)N3C[C@@H](OC)[C@H]4OCC(=O)[C@H]43)C3CCCCC3)cc2)CC1. The second kappa shape index (κ2) is 11.6. The summed E-state index contributed by atoms with van der Waals surface area (Å²) < 4.78 is 11.2. The van der Waals surface area contributed by atoms with E-state index in [1.807, 2.05) is 12.1 Å². The van der Waals surface area contributed by atoms with E-state index in [0.29, 0.717) is 18.0 Å². The number of carbonyl (C=O) groups is 3. The number of ether oxygens (including phenoxy) is 2. The second-order valence-electron chi connectivity index (χ2n) is 11.1. The van der Waals surface area contributed by atoms with Gasteiger partial charge in [0.25, 0.3) is 5.91 Å². The number of ketones is 1. The smallest absolute Gasteiger partial charge is 0.251 e. The van der Waals surface area contributed by atoms with Crippen molar-refractivity contribution >= 4 is 17.6 Å². The largest absolute Gasteiger partial charge is 0.377 e. The van der Waals surface area contributed by atoms with Gasteiger partial charge in [0.15, 0.2) is 5.78 Å². The van der Waals surface area contributed by atoms with Crippen molar-refractivity contribution in [2.45, 2.75) is 82.1 Å². The van der Waals surface area contributed by atoms with Crippen LogP contribution in [-0.2, 0) is 19.1 Å². The van der Waals surface area contributed by atoms with Crippen LogP contribution in [0.2, 0.25) is 0 Å². The van der Waals surface area contributed by atoms with Crippen molar-refractivity contribution in [3.05, 3.63) is 35.4 Å². The van der Waals surface area contributed by atoms with E-state index in [1.165, 1.54) is 5.56 Å². The zero-order valence-corrected chi connectivity index (χ0v) is 22.2. The van der Waals surface area contributed by atoms with Crippen LogP contribution in [0.5, 0.6) is 0 Å². The highest BCUT2D eigenvalue weighted by molar-refractivity contribution is 5.99. The molecule has 2 amide bonds. The third kappa shape index (κ3) is 5.47. The molecule has 3 saturated heterocycles. The first-order valence-electron chi connectivity index (χ1n) is 14.1. The van der Waals surface area contributed by atoms with Crippen LogP contribution in [0, 0.1) is 5.92 Å². The predicted octanol–water partition coefficient (Wildman–Crippen LogP) is 2.76. The van der Waals surface area contributed by atoms with Crippen molar-refractivity contribution in [1.29, 1.82) is 0 Å². The number of carbonyl (C=O) groups excluding carboxylic acids is 3. The van der Waals surface area contributed by atoms with Crippen LogP contribution < -0.4 is 5.32 Å². The Morgan fingerprint density at radius 2 is 1.78 bits per heavy atom. The molecule has 4 aliphatic rings. The van der Waals surface area contributed by atoms with Crippen molar-refractivity contribution in [1.82, 2.24) is 15.1 Å². The lowest BCUT2D eigenvalue weighted by molar-refractivity contribution is -0.139. The first-order chi connectivity index (χ1) is 18.0. The summed E-state index contributed by atoms with van der Waals surface area (Å²) in [5.74, 6) is 0.0782. The van der Waals surface area contributed by atoms with E-state index < -0.39 is 18.2 Å². The lowest BCUT2D eigenvalue weighted by Gasteiger charge is -2.34. The summed E-state index contributed by atoms with van der Waals surface area (Å²) in [6.45, 7) is 5.84. The summed E-state index contributed by atoms with van der Waals surface area (Å²) in [5, 5.41) is 3.09. The van der Waals surface area contributed by atoms with Gasteiger partial charge in [-0.25, -0.2) is 0 Å². The maximum Gasteiger partial charge on any atom is 0.251 e. The Hall–Kier alpha value is -2.29. The van der Waals surface area contributed by atoms with E-state index in [-0.39, 0.29) is 36.2 Å². The van der Waals surface area contributed by atoms with E-state index in [1.54, 1.807) is 12.0 Å². The minimum Gasteiger partial charge on any atom is -0.377 e. The predicted molar refractivity (Wildman–Crippen MR) is 139 cm³/mol. The number of hydrogen-bond acceptors (Lipinski definition) is 6. The fourth-order valence-electron chi connectivity index (χ4n) is 6.79. The number of nitrogens with zero attached hydrogens (tertiary/aromatic N) is 2. The number of rotatable bonds is 7. The maximum atomic E-state index is 13.9. The van der Waals surface area contributed by atoms with E-state index in [9.17, 15) is 14.4 Å². The minimum atomic E-state index is -0.657. The van der Waals surface area contributed by atoms with Gasteiger partial charge < -0.3 is 24.6 Å². The van der Waals surface area contributed by atoms with E-state index >= 15 is 0 Å². The summed E-state index contributed by atoms with van der Waals surface area (Å²) in [5.41, 5.74) is 1.85. The number of piperidine rings is 1. The molecule has 3 heterocycles. The molecule has 0 spiro atoms. The third-order valence-electron chi connectivity index (χ3n) is 9.08. The number of likely N-dealkylation sites (tertiary alicyclic amines) is 2. The Labute approximate surface area is 220 Å². The van der Waals surface area contributed by atoms with Crippen molar-refractivity contribution < 1.29 is 23.9 Å². The van der Waals surface area contributed by atoms with Crippen LogP contribution in [-0.4, -0.2) is 91.6 Å². The quantitative estimate of drug-likeness (QED) is 0.606. The van der Waals surface area contributed by atoms with Gasteiger partial charge in [-0.1, -0.05) is 38.3 Å². The topological polar surface area (TPSA) is 88.2 Å². The Kier molecular flexibility index (Phi) is 8.27. The molecule has 1 aliphatic carbocycles. The average Bonchev–Trinajstić information content (AvgIpc) is 3.52. The number of Topliss-reactive ketones (excluding diaryl/α,β-unsaturated/α-hetero) is 1. The lowest BCUT2D eigenvalue weighted by atomic mass is 9.83. The number of hydrogen-bond donors (Lipinski definition) is 1. The molecule has 3 aliphatic heterocycles. The van der Waals surface area contributed by atoms with Gasteiger partial charge in [-0.2, -0.15) is 0 Å². The number of methoxy groups -OCH3 is 1.